The van der Waals surface area contributed by atoms with E-state index in [2.05, 4.69) is 32.4 Å². The van der Waals surface area contributed by atoms with Gasteiger partial charge < -0.3 is 15.0 Å². The van der Waals surface area contributed by atoms with Crippen LogP contribution in [0.1, 0.15) is 31.2 Å². The van der Waals surface area contributed by atoms with Gasteiger partial charge in [0.05, 0.1) is 40.3 Å². The molecule has 1 aliphatic rings. The molecule has 2 N–H and O–H groups in total. The molecule has 3 heterocycles. The van der Waals surface area contributed by atoms with Crippen molar-refractivity contribution >= 4 is 49.4 Å². The summed E-state index contributed by atoms with van der Waals surface area (Å²) in [6.07, 6.45) is 7.27. The van der Waals surface area contributed by atoms with Crippen LogP contribution < -0.4 is 5.32 Å². The van der Waals surface area contributed by atoms with Gasteiger partial charge in [-0.3, -0.25) is 0 Å². The number of pyridine rings is 1. The van der Waals surface area contributed by atoms with Gasteiger partial charge in [0.1, 0.15) is 5.52 Å². The molecule has 1 aliphatic carbocycles. The number of fused-ring (bicyclic) bond motifs is 2. The number of rotatable bonds is 4. The first-order valence-corrected chi connectivity index (χ1v) is 10.7. The quantitative estimate of drug-likeness (QED) is 0.516. The summed E-state index contributed by atoms with van der Waals surface area (Å²) in [6.45, 7) is 0.684. The number of nitrogens with zero attached hydrogens (tertiary/aromatic N) is 4. The third kappa shape index (κ3) is 3.45. The number of aromatic nitrogens is 4. The Balaban J connectivity index is 1.38. The summed E-state index contributed by atoms with van der Waals surface area (Å²) in [5, 5.41) is 15.1. The zero-order valence-corrected chi connectivity index (χ0v) is 16.7. The molecule has 0 spiro atoms. The highest BCUT2D eigenvalue weighted by Crippen LogP contribution is 2.30. The number of benzene rings is 1. The molecular formula is C20H20ClN5OS. The number of imidazole rings is 1. The van der Waals surface area contributed by atoms with Gasteiger partial charge in [-0.25, -0.2) is 15.0 Å². The van der Waals surface area contributed by atoms with Gasteiger partial charge in [0, 0.05) is 6.20 Å². The van der Waals surface area contributed by atoms with E-state index < -0.39 is 0 Å². The highest BCUT2D eigenvalue weighted by atomic mass is 35.5. The fourth-order valence-corrected chi connectivity index (χ4v) is 4.95. The fourth-order valence-electron chi connectivity index (χ4n) is 3.80. The first kappa shape index (κ1) is 17.8. The van der Waals surface area contributed by atoms with Crippen molar-refractivity contribution in [1.29, 1.82) is 0 Å². The zero-order valence-electron chi connectivity index (χ0n) is 15.2. The first-order valence-electron chi connectivity index (χ1n) is 9.46. The fraction of sp³-hybridized carbons (Fsp3) is 0.350. The van der Waals surface area contributed by atoms with Gasteiger partial charge in [-0.2, -0.15) is 0 Å². The van der Waals surface area contributed by atoms with Gasteiger partial charge in [0.15, 0.2) is 10.8 Å². The Labute approximate surface area is 171 Å². The molecule has 0 amide bonds. The lowest BCUT2D eigenvalue weighted by Crippen LogP contribution is -2.36. The number of anilines is 1. The van der Waals surface area contributed by atoms with Crippen LogP contribution in [0.3, 0.4) is 0 Å². The molecule has 8 heteroatoms. The van der Waals surface area contributed by atoms with Crippen molar-refractivity contribution in [2.45, 2.75) is 44.4 Å². The Hall–Kier alpha value is -2.22. The van der Waals surface area contributed by atoms with E-state index in [0.717, 1.165) is 57.8 Å². The van der Waals surface area contributed by atoms with E-state index in [4.69, 9.17) is 11.6 Å². The molecule has 5 rings (SSSR count). The average molecular weight is 414 g/mol. The van der Waals surface area contributed by atoms with Crippen LogP contribution in [0.4, 0.5) is 5.13 Å². The van der Waals surface area contributed by atoms with Crippen LogP contribution in [0.15, 0.2) is 36.8 Å². The molecule has 1 unspecified atom stereocenters. The van der Waals surface area contributed by atoms with E-state index in [1.54, 1.807) is 23.9 Å². The maximum absolute atomic E-state index is 10.2. The largest absolute Gasteiger partial charge is 0.391 e. The summed E-state index contributed by atoms with van der Waals surface area (Å²) in [5.74, 6) is 0. The molecule has 1 saturated carbocycles. The van der Waals surface area contributed by atoms with Gasteiger partial charge in [0.25, 0.3) is 0 Å². The van der Waals surface area contributed by atoms with E-state index in [0.29, 0.717) is 11.6 Å². The van der Waals surface area contributed by atoms with Crippen LogP contribution in [0.25, 0.3) is 21.4 Å². The summed E-state index contributed by atoms with van der Waals surface area (Å²) >= 11 is 7.63. The topological polar surface area (TPSA) is 75.9 Å². The van der Waals surface area contributed by atoms with Crippen LogP contribution in [0.2, 0.25) is 5.02 Å². The molecule has 2 atom stereocenters. The van der Waals surface area contributed by atoms with Crippen molar-refractivity contribution in [3.05, 3.63) is 47.4 Å². The second-order valence-corrected chi connectivity index (χ2v) is 8.76. The second kappa shape index (κ2) is 7.31. The monoisotopic (exact) mass is 413 g/mol. The lowest BCUT2D eigenvalue weighted by molar-refractivity contribution is 0.116. The van der Waals surface area contributed by atoms with Crippen molar-refractivity contribution in [2.75, 3.05) is 5.32 Å². The van der Waals surface area contributed by atoms with Gasteiger partial charge in [0.2, 0.25) is 0 Å². The lowest BCUT2D eigenvalue weighted by atomic mass is 9.93. The number of nitrogens with one attached hydrogen (secondary N) is 1. The summed E-state index contributed by atoms with van der Waals surface area (Å²) in [4.78, 5) is 13.5. The van der Waals surface area contributed by atoms with Gasteiger partial charge >= 0.3 is 0 Å². The maximum atomic E-state index is 10.2. The van der Waals surface area contributed by atoms with Crippen LogP contribution in [0, 0.1) is 0 Å². The lowest BCUT2D eigenvalue weighted by Gasteiger charge is -2.27. The average Bonchev–Trinajstić information content (AvgIpc) is 3.26. The Kier molecular flexibility index (Phi) is 4.66. The summed E-state index contributed by atoms with van der Waals surface area (Å²) in [6, 6.07) is 8.22. The molecular weight excluding hydrogens is 394 g/mol. The summed E-state index contributed by atoms with van der Waals surface area (Å²) < 4.78 is 3.15. The summed E-state index contributed by atoms with van der Waals surface area (Å²) in [5.41, 5.74) is 3.75. The molecule has 3 aromatic heterocycles. The highest BCUT2D eigenvalue weighted by Gasteiger charge is 2.23. The number of aliphatic hydroxyl groups excluding tert-OH is 1. The van der Waals surface area contributed by atoms with Crippen LogP contribution in [-0.4, -0.2) is 36.8 Å². The Morgan fingerprint density at radius 3 is 2.96 bits per heavy atom. The molecule has 0 aliphatic heterocycles. The van der Waals surface area contributed by atoms with Crippen LogP contribution in [0.5, 0.6) is 0 Å². The van der Waals surface area contributed by atoms with E-state index >= 15 is 0 Å². The van der Waals surface area contributed by atoms with Crippen molar-refractivity contribution in [3.8, 4) is 0 Å². The minimum absolute atomic E-state index is 0.101. The first-order chi connectivity index (χ1) is 13.7. The molecule has 1 fully saturated rings. The third-order valence-corrected chi connectivity index (χ3v) is 6.42. The van der Waals surface area contributed by atoms with E-state index in [9.17, 15) is 5.11 Å². The van der Waals surface area contributed by atoms with E-state index in [1.165, 1.54) is 0 Å². The van der Waals surface area contributed by atoms with Crippen LogP contribution in [-0.2, 0) is 6.54 Å². The molecule has 144 valence electrons. The zero-order chi connectivity index (χ0) is 19.1. The third-order valence-electron chi connectivity index (χ3n) is 5.27. The summed E-state index contributed by atoms with van der Waals surface area (Å²) in [7, 11) is 0. The number of aliphatic hydroxyl groups is 1. The molecule has 0 radical (unpaired) electrons. The van der Waals surface area contributed by atoms with Gasteiger partial charge in [-0.15, -0.1) is 0 Å². The molecule has 0 bridgehead atoms. The smallest absolute Gasteiger partial charge is 0.184 e. The normalized spacial score (nSPS) is 20.1. The number of hydrogen-bond donors (Lipinski definition) is 2. The Morgan fingerprint density at radius 1 is 1.18 bits per heavy atom. The standard InChI is InChI=1S/C20H20ClN5OS/c21-13-8-16-19(22-9-13)26(11-23-16)10-12-5-6-15-18(7-12)28-20(25-15)24-14-3-1-2-4-17(14)27/h5-9,11,14,17,27H,1-4,10H2,(H,24,25)/t14-,17?/m1/s1. The number of halogens is 1. The highest BCUT2D eigenvalue weighted by molar-refractivity contribution is 7.22. The predicted octanol–water partition coefficient (Wildman–Crippen LogP) is 4.46. The maximum Gasteiger partial charge on any atom is 0.184 e. The van der Waals surface area contributed by atoms with Gasteiger partial charge in [-0.1, -0.05) is 41.8 Å². The molecule has 0 saturated heterocycles. The minimum atomic E-state index is -0.285. The number of hydrogen-bond acceptors (Lipinski definition) is 6. The molecule has 1 aromatic carbocycles. The minimum Gasteiger partial charge on any atom is -0.391 e. The SMILES string of the molecule is OC1CCCC[C@H]1Nc1nc2ccc(Cn3cnc4cc(Cl)cnc43)cc2s1. The van der Waals surface area contributed by atoms with E-state index in [1.807, 2.05) is 16.7 Å². The predicted molar refractivity (Wildman–Crippen MR) is 113 cm³/mol. The van der Waals surface area contributed by atoms with Crippen LogP contribution >= 0.6 is 22.9 Å². The van der Waals surface area contributed by atoms with Crippen molar-refractivity contribution in [3.63, 3.8) is 0 Å². The number of thiazole rings is 1. The second-order valence-electron chi connectivity index (χ2n) is 7.29. The molecule has 6 nitrogen and oxygen atoms in total. The van der Waals surface area contributed by atoms with Crippen molar-refractivity contribution in [1.82, 2.24) is 19.5 Å². The molecule has 4 aromatic rings. The Morgan fingerprint density at radius 2 is 2.07 bits per heavy atom. The van der Waals surface area contributed by atoms with Crippen molar-refractivity contribution < 1.29 is 5.11 Å². The van der Waals surface area contributed by atoms with Crippen molar-refractivity contribution in [2.24, 2.45) is 0 Å². The van der Waals surface area contributed by atoms with E-state index in [-0.39, 0.29) is 12.1 Å². The molecule has 28 heavy (non-hydrogen) atoms. The van der Waals surface area contributed by atoms with Gasteiger partial charge in [-0.05, 0) is 36.6 Å². The Bertz CT molecular complexity index is 1140.